The Morgan fingerprint density at radius 3 is 2.82 bits per heavy atom. The van der Waals surface area contributed by atoms with Crippen LogP contribution in [0.3, 0.4) is 0 Å². The highest BCUT2D eigenvalue weighted by Gasteiger charge is 2.32. The van der Waals surface area contributed by atoms with Crippen LogP contribution in [0.5, 0.6) is 0 Å². The van der Waals surface area contributed by atoms with Gasteiger partial charge in [0, 0.05) is 19.3 Å². The molecule has 0 radical (unpaired) electrons. The largest absolute Gasteiger partial charge is 0.481 e. The molecule has 1 aliphatic rings. The second-order valence-corrected chi connectivity index (χ2v) is 5.89. The summed E-state index contributed by atoms with van der Waals surface area (Å²) in [6, 6.07) is 0.572. The number of nitrogens with zero attached hydrogens (tertiary/aromatic N) is 2. The van der Waals surface area contributed by atoms with Crippen molar-refractivity contribution < 1.29 is 19.1 Å². The predicted molar refractivity (Wildman–Crippen MR) is 77.6 cm³/mol. The molecule has 0 bridgehead atoms. The van der Waals surface area contributed by atoms with Crippen molar-refractivity contribution in [3.8, 4) is 0 Å². The number of nitrogens with one attached hydrogen (secondary N) is 1. The van der Waals surface area contributed by atoms with Crippen molar-refractivity contribution in [2.45, 2.75) is 26.3 Å². The van der Waals surface area contributed by atoms with Crippen LogP contribution in [0.15, 0.2) is 18.5 Å². The van der Waals surface area contributed by atoms with Crippen LogP contribution >= 0.6 is 0 Å². The SMILES string of the molecule is CC1CC(C(=O)O)CN(C(=O)N[C@@H](C)c2cncc(F)c2)C1. The molecule has 0 aromatic carbocycles. The van der Waals surface area contributed by atoms with Gasteiger partial charge in [-0.3, -0.25) is 9.78 Å². The van der Waals surface area contributed by atoms with Crippen LogP contribution in [0, 0.1) is 17.7 Å². The van der Waals surface area contributed by atoms with E-state index >= 15 is 0 Å². The summed E-state index contributed by atoms with van der Waals surface area (Å²) in [7, 11) is 0. The summed E-state index contributed by atoms with van der Waals surface area (Å²) in [6.07, 6.45) is 3.16. The number of carbonyl (C=O) groups is 2. The lowest BCUT2D eigenvalue weighted by Gasteiger charge is -2.35. The third kappa shape index (κ3) is 3.93. The maximum atomic E-state index is 13.2. The number of amides is 2. The summed E-state index contributed by atoms with van der Waals surface area (Å²) in [5.41, 5.74) is 0.563. The molecule has 2 unspecified atom stereocenters. The monoisotopic (exact) mass is 309 g/mol. The molecule has 1 aromatic rings. The molecule has 1 aliphatic heterocycles. The Morgan fingerprint density at radius 2 is 2.18 bits per heavy atom. The average molecular weight is 309 g/mol. The van der Waals surface area contributed by atoms with Gasteiger partial charge in [-0.15, -0.1) is 0 Å². The number of carboxylic acid groups (broad SMARTS) is 1. The predicted octanol–water partition coefficient (Wildman–Crippen LogP) is 2.03. The maximum Gasteiger partial charge on any atom is 0.317 e. The molecule has 2 amide bonds. The lowest BCUT2D eigenvalue weighted by Crippen LogP contribution is -2.49. The average Bonchev–Trinajstić information content (AvgIpc) is 2.46. The van der Waals surface area contributed by atoms with E-state index in [0.717, 1.165) is 6.20 Å². The molecule has 6 nitrogen and oxygen atoms in total. The lowest BCUT2D eigenvalue weighted by atomic mass is 9.91. The van der Waals surface area contributed by atoms with Crippen LogP contribution in [0.4, 0.5) is 9.18 Å². The Labute approximate surface area is 128 Å². The first-order valence-corrected chi connectivity index (χ1v) is 7.25. The van der Waals surface area contributed by atoms with Gasteiger partial charge in [0.1, 0.15) is 5.82 Å². The van der Waals surface area contributed by atoms with Crippen LogP contribution < -0.4 is 5.32 Å². The molecule has 0 saturated carbocycles. The molecule has 0 aliphatic carbocycles. The van der Waals surface area contributed by atoms with Gasteiger partial charge < -0.3 is 15.3 Å². The first-order valence-electron chi connectivity index (χ1n) is 7.25. The highest BCUT2D eigenvalue weighted by atomic mass is 19.1. The number of hydrogen-bond donors (Lipinski definition) is 2. The van der Waals surface area contributed by atoms with Crippen molar-refractivity contribution in [1.82, 2.24) is 15.2 Å². The summed E-state index contributed by atoms with van der Waals surface area (Å²) in [5, 5.41) is 11.9. The van der Waals surface area contributed by atoms with E-state index in [1.165, 1.54) is 17.2 Å². The van der Waals surface area contributed by atoms with Crippen LogP contribution in [0.25, 0.3) is 0 Å². The van der Waals surface area contributed by atoms with E-state index < -0.39 is 23.7 Å². The van der Waals surface area contributed by atoms with Gasteiger partial charge in [-0.1, -0.05) is 6.92 Å². The minimum atomic E-state index is -0.883. The van der Waals surface area contributed by atoms with Crippen LogP contribution in [-0.2, 0) is 4.79 Å². The molecule has 2 N–H and O–H groups in total. The number of aromatic nitrogens is 1. The van der Waals surface area contributed by atoms with E-state index in [9.17, 15) is 14.0 Å². The second-order valence-electron chi connectivity index (χ2n) is 5.89. The summed E-state index contributed by atoms with van der Waals surface area (Å²) >= 11 is 0. The Balaban J connectivity index is 2.00. The van der Waals surface area contributed by atoms with Gasteiger partial charge in [-0.25, -0.2) is 9.18 Å². The Kier molecular flexibility index (Phi) is 4.95. The third-order valence-electron chi connectivity index (χ3n) is 3.86. The number of likely N-dealkylation sites (tertiary alicyclic amines) is 1. The Hall–Kier alpha value is -2.18. The van der Waals surface area contributed by atoms with E-state index in [0.29, 0.717) is 18.5 Å². The number of urea groups is 1. The fourth-order valence-corrected chi connectivity index (χ4v) is 2.72. The Morgan fingerprint density at radius 1 is 1.45 bits per heavy atom. The molecule has 2 rings (SSSR count). The minimum Gasteiger partial charge on any atom is -0.481 e. The minimum absolute atomic E-state index is 0.131. The van der Waals surface area contributed by atoms with Gasteiger partial charge in [0.15, 0.2) is 0 Å². The van der Waals surface area contributed by atoms with Gasteiger partial charge in [-0.05, 0) is 30.9 Å². The number of rotatable bonds is 3. The standard InChI is InChI=1S/C15H20FN3O3/c1-9-3-12(14(20)21)8-19(7-9)15(22)18-10(2)11-4-13(16)6-17-5-11/h4-6,9-10,12H,3,7-8H2,1-2H3,(H,18,22)(H,20,21)/t9?,10-,12?/m0/s1. The lowest BCUT2D eigenvalue weighted by molar-refractivity contribution is -0.143. The maximum absolute atomic E-state index is 13.2. The zero-order valence-electron chi connectivity index (χ0n) is 12.6. The molecule has 3 atom stereocenters. The van der Waals surface area contributed by atoms with E-state index in [2.05, 4.69) is 10.3 Å². The number of hydrogen-bond acceptors (Lipinski definition) is 3. The molecule has 1 fully saturated rings. The third-order valence-corrected chi connectivity index (χ3v) is 3.86. The molecule has 1 aromatic heterocycles. The van der Waals surface area contributed by atoms with Gasteiger partial charge in [0.2, 0.25) is 0 Å². The highest BCUT2D eigenvalue weighted by molar-refractivity contribution is 5.77. The normalized spacial score (nSPS) is 23.0. The van der Waals surface area contributed by atoms with Crippen LogP contribution in [0.1, 0.15) is 31.9 Å². The Bertz CT molecular complexity index is 567. The summed E-state index contributed by atoms with van der Waals surface area (Å²) in [5.74, 6) is -1.75. The molecule has 7 heteroatoms. The zero-order chi connectivity index (χ0) is 16.3. The van der Waals surface area contributed by atoms with Crippen LogP contribution in [-0.4, -0.2) is 40.1 Å². The molecule has 120 valence electrons. The molecular weight excluding hydrogens is 289 g/mol. The van der Waals surface area contributed by atoms with Crippen LogP contribution in [0.2, 0.25) is 0 Å². The molecule has 0 spiro atoms. The second kappa shape index (κ2) is 6.72. The van der Waals surface area contributed by atoms with E-state index in [1.54, 1.807) is 6.92 Å². The highest BCUT2D eigenvalue weighted by Crippen LogP contribution is 2.22. The van der Waals surface area contributed by atoms with Gasteiger partial charge in [-0.2, -0.15) is 0 Å². The fourth-order valence-electron chi connectivity index (χ4n) is 2.72. The zero-order valence-corrected chi connectivity index (χ0v) is 12.6. The number of pyridine rings is 1. The quantitative estimate of drug-likeness (QED) is 0.895. The van der Waals surface area contributed by atoms with Crippen molar-refractivity contribution in [2.24, 2.45) is 11.8 Å². The van der Waals surface area contributed by atoms with Gasteiger partial charge >= 0.3 is 12.0 Å². The fraction of sp³-hybridized carbons (Fsp3) is 0.533. The number of halogens is 1. The molecule has 1 saturated heterocycles. The van der Waals surface area contributed by atoms with Gasteiger partial charge in [0.05, 0.1) is 18.2 Å². The summed E-state index contributed by atoms with van der Waals surface area (Å²) < 4.78 is 13.2. The van der Waals surface area contributed by atoms with Gasteiger partial charge in [0.25, 0.3) is 0 Å². The van der Waals surface area contributed by atoms with E-state index in [-0.39, 0.29) is 18.5 Å². The molecule has 22 heavy (non-hydrogen) atoms. The summed E-state index contributed by atoms with van der Waals surface area (Å²) in [6.45, 7) is 4.37. The summed E-state index contributed by atoms with van der Waals surface area (Å²) in [4.78, 5) is 28.7. The molecule has 2 heterocycles. The number of piperidine rings is 1. The number of aliphatic carboxylic acids is 1. The van der Waals surface area contributed by atoms with Crippen molar-refractivity contribution in [3.05, 3.63) is 29.8 Å². The van der Waals surface area contributed by atoms with Crippen molar-refractivity contribution in [2.75, 3.05) is 13.1 Å². The first kappa shape index (κ1) is 16.2. The molecular formula is C15H20FN3O3. The van der Waals surface area contributed by atoms with Crippen molar-refractivity contribution in [1.29, 1.82) is 0 Å². The topological polar surface area (TPSA) is 82.5 Å². The van der Waals surface area contributed by atoms with E-state index in [1.807, 2.05) is 6.92 Å². The van der Waals surface area contributed by atoms with E-state index in [4.69, 9.17) is 5.11 Å². The van der Waals surface area contributed by atoms with Crippen molar-refractivity contribution in [3.63, 3.8) is 0 Å². The first-order chi connectivity index (χ1) is 10.4. The number of carboxylic acids is 1. The number of carbonyl (C=O) groups excluding carboxylic acids is 1. The van der Waals surface area contributed by atoms with Crippen molar-refractivity contribution >= 4 is 12.0 Å². The smallest absolute Gasteiger partial charge is 0.317 e.